The van der Waals surface area contributed by atoms with E-state index in [1.807, 2.05) is 92.8 Å². The van der Waals surface area contributed by atoms with Gasteiger partial charge in [-0.15, -0.1) is 0 Å². The molecule has 1 aliphatic heterocycles. The Bertz CT molecular complexity index is 2690. The predicted octanol–water partition coefficient (Wildman–Crippen LogP) is 9.54. The number of aromatic nitrogens is 5. The fourth-order valence-corrected chi connectivity index (χ4v) is 8.82. The van der Waals surface area contributed by atoms with Crippen molar-refractivity contribution in [1.29, 1.82) is 0 Å². The smallest absolute Gasteiger partial charge is 0.276 e. The zero-order valence-electron chi connectivity index (χ0n) is 33.2. The number of hydrogen-bond donors (Lipinski definition) is 1. The fraction of sp³-hybridized carbons (Fsp3) is 0.289. The van der Waals surface area contributed by atoms with Gasteiger partial charge in [-0.3, -0.25) is 24.2 Å². The highest BCUT2D eigenvalue weighted by Gasteiger charge is 2.42. The third-order valence-corrected chi connectivity index (χ3v) is 12.4. The Hall–Kier alpha value is -5.58. The number of nitrogens with zero attached hydrogens (tertiary/aromatic N) is 6. The van der Waals surface area contributed by atoms with E-state index in [1.54, 1.807) is 17.2 Å². The Balaban J connectivity index is 1.21. The van der Waals surface area contributed by atoms with Crippen LogP contribution in [0.5, 0.6) is 5.75 Å². The van der Waals surface area contributed by atoms with Crippen molar-refractivity contribution >= 4 is 62.5 Å². The molecular weight excluding hydrogens is 757 g/mol. The first-order valence-corrected chi connectivity index (χ1v) is 20.0. The summed E-state index contributed by atoms with van der Waals surface area (Å²) in [6, 6.07) is 21.0. The lowest BCUT2D eigenvalue weighted by Crippen LogP contribution is -2.47. The summed E-state index contributed by atoms with van der Waals surface area (Å²) in [5.74, 6) is 0.331. The van der Waals surface area contributed by atoms with E-state index < -0.39 is 5.50 Å². The third kappa shape index (κ3) is 6.64. The summed E-state index contributed by atoms with van der Waals surface area (Å²) in [6.07, 6.45) is 4.88. The Labute approximate surface area is 342 Å². The molecule has 8 rings (SSSR count). The van der Waals surface area contributed by atoms with Crippen LogP contribution in [0.25, 0.3) is 32.9 Å². The van der Waals surface area contributed by atoms with E-state index >= 15 is 4.79 Å². The largest absolute Gasteiger partial charge is 0.494 e. The monoisotopic (exact) mass is 801 g/mol. The average molecular weight is 803 g/mol. The number of pyridine rings is 1. The summed E-state index contributed by atoms with van der Waals surface area (Å²) >= 11 is 13.9. The number of benzene rings is 3. The van der Waals surface area contributed by atoms with Gasteiger partial charge in [-0.2, -0.15) is 5.10 Å². The van der Waals surface area contributed by atoms with Crippen LogP contribution in [-0.2, 0) is 27.1 Å². The first-order valence-electron chi connectivity index (χ1n) is 19.2. The number of carbonyl (C=O) groups excluding carboxylic acids is 2. The van der Waals surface area contributed by atoms with Crippen LogP contribution in [-0.4, -0.2) is 47.8 Å². The van der Waals surface area contributed by atoms with Gasteiger partial charge in [0, 0.05) is 70.2 Å². The highest BCUT2D eigenvalue weighted by molar-refractivity contribution is 6.32. The number of ether oxygens (including phenoxy) is 1. The number of carbonyl (C=O) groups is 2. The van der Waals surface area contributed by atoms with Gasteiger partial charge in [-0.25, -0.2) is 0 Å². The quantitative estimate of drug-likeness (QED) is 0.0844. The van der Waals surface area contributed by atoms with E-state index in [4.69, 9.17) is 33.0 Å². The highest BCUT2D eigenvalue weighted by atomic mass is 35.5. The van der Waals surface area contributed by atoms with Crippen molar-refractivity contribution in [3.63, 3.8) is 0 Å². The second kappa shape index (κ2) is 15.1. The molecule has 3 aromatic carbocycles. The first-order chi connectivity index (χ1) is 27.3. The molecule has 0 saturated carbocycles. The van der Waals surface area contributed by atoms with E-state index in [0.29, 0.717) is 42.9 Å². The van der Waals surface area contributed by atoms with Gasteiger partial charge < -0.3 is 19.2 Å². The Morgan fingerprint density at radius 3 is 2.44 bits per heavy atom. The Morgan fingerprint density at radius 1 is 0.965 bits per heavy atom. The normalized spacial score (nSPS) is 15.5. The van der Waals surface area contributed by atoms with E-state index in [1.165, 1.54) is 0 Å². The molecule has 0 spiro atoms. The second-order valence-electron chi connectivity index (χ2n) is 15.0. The molecule has 0 bridgehead atoms. The van der Waals surface area contributed by atoms with Crippen LogP contribution >= 0.6 is 23.2 Å². The van der Waals surface area contributed by atoms with Gasteiger partial charge in [0.2, 0.25) is 0 Å². The second-order valence-corrected chi connectivity index (χ2v) is 15.9. The molecule has 10 nitrogen and oxygen atoms in total. The van der Waals surface area contributed by atoms with Crippen molar-refractivity contribution in [3.8, 4) is 16.9 Å². The summed E-state index contributed by atoms with van der Waals surface area (Å²) in [6.45, 7) is 10.9. The molecule has 0 saturated heterocycles. The number of hydrogen-bond acceptors (Lipinski definition) is 5. The van der Waals surface area contributed by atoms with Gasteiger partial charge in [0.05, 0.1) is 41.8 Å². The zero-order chi connectivity index (χ0) is 40.3. The third-order valence-electron chi connectivity index (χ3n) is 11.3. The molecule has 5 heterocycles. The SMILES string of the molecule is Cc1cc(OCCCc2c3n(c4c(-c5c(C)nn(C)c5C)cccc24)[C@H](C)C(Cl)N(c2cn(C)c4ccc(C(=O)NCc5ccccn5)cc24)C3=O)cc(C)c1Cl. The van der Waals surface area contributed by atoms with E-state index in [2.05, 4.69) is 46.9 Å². The molecular formula is C45H45Cl2N7O3. The molecule has 2 amide bonds. The van der Waals surface area contributed by atoms with Crippen molar-refractivity contribution in [2.45, 2.75) is 65.5 Å². The minimum Gasteiger partial charge on any atom is -0.494 e. The molecule has 1 aliphatic rings. The van der Waals surface area contributed by atoms with Crippen LogP contribution in [0, 0.1) is 27.7 Å². The van der Waals surface area contributed by atoms with Gasteiger partial charge in [0.15, 0.2) is 0 Å². The van der Waals surface area contributed by atoms with Gasteiger partial charge in [0.25, 0.3) is 11.8 Å². The maximum absolute atomic E-state index is 15.3. The average Bonchev–Trinajstić information content (AvgIpc) is 3.80. The first kappa shape index (κ1) is 38.3. The van der Waals surface area contributed by atoms with Crippen molar-refractivity contribution in [2.75, 3.05) is 11.5 Å². The van der Waals surface area contributed by atoms with Gasteiger partial charge >= 0.3 is 0 Å². The maximum Gasteiger partial charge on any atom is 0.276 e. The molecule has 7 aromatic rings. The zero-order valence-corrected chi connectivity index (χ0v) is 34.7. The van der Waals surface area contributed by atoms with Crippen LogP contribution in [0.3, 0.4) is 0 Å². The predicted molar refractivity (Wildman–Crippen MR) is 228 cm³/mol. The lowest BCUT2D eigenvalue weighted by atomic mass is 9.98. The van der Waals surface area contributed by atoms with Crippen LogP contribution in [0.15, 0.2) is 79.1 Å². The summed E-state index contributed by atoms with van der Waals surface area (Å²) in [5, 5.41) is 10.2. The maximum atomic E-state index is 15.3. The van der Waals surface area contributed by atoms with Gasteiger partial charge in [-0.1, -0.05) is 47.5 Å². The number of amides is 2. The van der Waals surface area contributed by atoms with Crippen molar-refractivity contribution < 1.29 is 14.3 Å². The molecule has 2 atom stereocenters. The van der Waals surface area contributed by atoms with E-state index in [9.17, 15) is 4.79 Å². The molecule has 292 valence electrons. The summed E-state index contributed by atoms with van der Waals surface area (Å²) in [4.78, 5) is 34.8. The topological polar surface area (TPSA) is 99.2 Å². The molecule has 0 radical (unpaired) electrons. The number of rotatable bonds is 10. The van der Waals surface area contributed by atoms with Crippen molar-refractivity contribution in [3.05, 3.63) is 129 Å². The number of aryl methyl sites for hydroxylation is 6. The van der Waals surface area contributed by atoms with E-state index in [-0.39, 0.29) is 17.9 Å². The lowest BCUT2D eigenvalue weighted by molar-refractivity contribution is 0.0943. The van der Waals surface area contributed by atoms with Crippen LogP contribution in [0.2, 0.25) is 5.02 Å². The molecule has 1 N–H and O–H groups in total. The van der Waals surface area contributed by atoms with Gasteiger partial charge in [-0.05, 0) is 107 Å². The minimum atomic E-state index is -0.746. The lowest BCUT2D eigenvalue weighted by Gasteiger charge is -2.38. The van der Waals surface area contributed by atoms with Crippen LogP contribution in [0.1, 0.15) is 74.0 Å². The number of anilines is 1. The number of nitrogens with one attached hydrogen (secondary N) is 1. The minimum absolute atomic E-state index is 0.202. The molecule has 57 heavy (non-hydrogen) atoms. The fourth-order valence-electron chi connectivity index (χ4n) is 8.40. The standard InChI is InChI=1S/C45H45Cl2N7O3/c1-25-20-32(21-26(2)40(25)46)57-19-11-15-34-33-13-10-14-35(39-27(3)50-52(7)28(39)4)41(33)53-29(5)43(47)54(45(56)42(34)53)38-24-51(6)37-17-16-30(22-36(37)38)44(55)49-23-31-12-8-9-18-48-31/h8-10,12-14,16-18,20-22,24,29,43H,11,15,19,23H2,1-7H3,(H,49,55)/t29-,43?/m1/s1. The Kier molecular flexibility index (Phi) is 10.1. The summed E-state index contributed by atoms with van der Waals surface area (Å²) in [5.41, 5.74) is 10.4. The summed E-state index contributed by atoms with van der Waals surface area (Å²) in [7, 11) is 3.89. The molecule has 12 heteroatoms. The number of para-hydroxylation sites is 1. The Morgan fingerprint density at radius 2 is 1.74 bits per heavy atom. The highest BCUT2D eigenvalue weighted by Crippen LogP contribution is 2.46. The van der Waals surface area contributed by atoms with Crippen LogP contribution < -0.4 is 15.0 Å². The summed E-state index contributed by atoms with van der Waals surface area (Å²) < 4.78 is 12.3. The van der Waals surface area contributed by atoms with Crippen LogP contribution in [0.4, 0.5) is 5.69 Å². The van der Waals surface area contributed by atoms with Crippen molar-refractivity contribution in [2.24, 2.45) is 14.1 Å². The number of fused-ring (bicyclic) bond motifs is 4. The number of halogens is 2. The number of alkyl halides is 1. The molecule has 0 aliphatic carbocycles. The van der Waals surface area contributed by atoms with Gasteiger partial charge in [0.1, 0.15) is 16.9 Å². The van der Waals surface area contributed by atoms with Crippen molar-refractivity contribution in [1.82, 2.24) is 29.2 Å². The molecule has 1 unspecified atom stereocenters. The molecule has 0 fully saturated rings. The van der Waals surface area contributed by atoms with E-state index in [0.717, 1.165) is 77.5 Å². The molecule has 4 aromatic heterocycles.